The summed E-state index contributed by atoms with van der Waals surface area (Å²) in [6.45, 7) is 12.8. The number of carbonyl (C=O) groups is 2. The summed E-state index contributed by atoms with van der Waals surface area (Å²) >= 11 is 0. The van der Waals surface area contributed by atoms with Gasteiger partial charge in [-0.05, 0) is 83.1 Å². The van der Waals surface area contributed by atoms with Crippen LogP contribution in [0.3, 0.4) is 0 Å². The van der Waals surface area contributed by atoms with E-state index in [2.05, 4.69) is 20.3 Å². The van der Waals surface area contributed by atoms with E-state index in [1.807, 2.05) is 58.0 Å². The average molecular weight is 586 g/mol. The largest absolute Gasteiger partial charge is 0.487 e. The van der Waals surface area contributed by atoms with Crippen molar-refractivity contribution in [1.82, 2.24) is 15.4 Å². The summed E-state index contributed by atoms with van der Waals surface area (Å²) in [5.41, 5.74) is 9.57. The zero-order valence-electron chi connectivity index (χ0n) is 25.1. The van der Waals surface area contributed by atoms with E-state index in [1.54, 1.807) is 13.8 Å². The molecule has 1 aliphatic rings. The Morgan fingerprint density at radius 1 is 1.07 bits per heavy atom. The highest BCUT2D eigenvalue weighted by molar-refractivity contribution is 7.90. The SMILES string of the molecule is CC(=O)NC(CCCN=C(N)NS(=O)(=O)c1c(C)c(C)c2c(c1C)CC(C)(C)O2)C(=O)N[C@H](C)Cc1ccccc1. The predicted octanol–water partition coefficient (Wildman–Crippen LogP) is 2.95. The molecule has 224 valence electrons. The van der Waals surface area contributed by atoms with Gasteiger partial charge in [0.2, 0.25) is 17.8 Å². The Bertz CT molecular complexity index is 1420. The summed E-state index contributed by atoms with van der Waals surface area (Å²) in [6.07, 6.45) is 1.98. The van der Waals surface area contributed by atoms with Gasteiger partial charge in [-0.15, -0.1) is 0 Å². The molecule has 1 aliphatic heterocycles. The van der Waals surface area contributed by atoms with Crippen molar-refractivity contribution >= 4 is 27.8 Å². The number of guanidine groups is 1. The van der Waals surface area contributed by atoms with Crippen molar-refractivity contribution in [2.75, 3.05) is 6.54 Å². The van der Waals surface area contributed by atoms with Gasteiger partial charge in [0.15, 0.2) is 0 Å². The number of amides is 2. The standard InChI is InChI=1S/C30H43N5O5S/c1-18(16-23-12-9-8-10-13-23)33-28(37)25(34-22(5)36)14-11-15-32-29(31)35-41(38,39)27-20(3)19(2)26-24(21(27)4)17-30(6,7)40-26/h8-10,12-13,18,25H,11,14-17H2,1-7H3,(H,33,37)(H,34,36)(H3,31,32,35)/t18-,25?/m1/s1. The zero-order valence-corrected chi connectivity index (χ0v) is 25.9. The van der Waals surface area contributed by atoms with E-state index in [9.17, 15) is 18.0 Å². The maximum atomic E-state index is 13.4. The van der Waals surface area contributed by atoms with E-state index in [1.165, 1.54) is 6.92 Å². The van der Waals surface area contributed by atoms with Gasteiger partial charge in [0.1, 0.15) is 17.4 Å². The molecule has 2 aromatic rings. The molecule has 3 rings (SSSR count). The molecule has 2 amide bonds. The molecule has 0 bridgehead atoms. The second-order valence-corrected chi connectivity index (χ2v) is 13.0. The van der Waals surface area contributed by atoms with Crippen molar-refractivity contribution in [3.63, 3.8) is 0 Å². The summed E-state index contributed by atoms with van der Waals surface area (Å²) in [4.78, 5) is 29.0. The van der Waals surface area contributed by atoms with Crippen LogP contribution in [0.5, 0.6) is 5.75 Å². The highest BCUT2D eigenvalue weighted by Gasteiger charge is 2.36. The van der Waals surface area contributed by atoms with Gasteiger partial charge in [0.05, 0.1) is 4.90 Å². The van der Waals surface area contributed by atoms with Crippen molar-refractivity contribution < 1.29 is 22.7 Å². The third-order valence-corrected chi connectivity index (χ3v) is 8.83. The summed E-state index contributed by atoms with van der Waals surface area (Å²) in [5, 5.41) is 5.64. The van der Waals surface area contributed by atoms with Crippen molar-refractivity contribution in [2.24, 2.45) is 10.7 Å². The Balaban J connectivity index is 1.62. The number of benzene rings is 2. The lowest BCUT2D eigenvalue weighted by Crippen LogP contribution is -2.49. The van der Waals surface area contributed by atoms with Gasteiger partial charge >= 0.3 is 0 Å². The number of sulfonamides is 1. The van der Waals surface area contributed by atoms with Crippen molar-refractivity contribution in [3.8, 4) is 5.75 Å². The molecular formula is C30H43N5O5S. The van der Waals surface area contributed by atoms with Gasteiger partial charge in [0, 0.05) is 31.5 Å². The number of nitrogens with zero attached hydrogens (tertiary/aromatic N) is 1. The van der Waals surface area contributed by atoms with Crippen LogP contribution in [0.15, 0.2) is 40.2 Å². The second-order valence-electron chi connectivity index (χ2n) is 11.4. The van der Waals surface area contributed by atoms with Crippen LogP contribution in [0.25, 0.3) is 0 Å². The Morgan fingerprint density at radius 3 is 2.37 bits per heavy atom. The van der Waals surface area contributed by atoms with Crippen molar-refractivity contribution in [3.05, 3.63) is 58.1 Å². The first kappa shape index (κ1) is 31.9. The molecule has 5 N–H and O–H groups in total. The topological polar surface area (TPSA) is 152 Å². The van der Waals surface area contributed by atoms with E-state index < -0.39 is 21.7 Å². The molecule has 2 atom stereocenters. The number of hydrogen-bond acceptors (Lipinski definition) is 6. The highest BCUT2D eigenvalue weighted by atomic mass is 32.2. The first-order valence-corrected chi connectivity index (χ1v) is 15.4. The molecule has 0 saturated heterocycles. The Kier molecular flexibility index (Phi) is 10.1. The Labute approximate surface area is 243 Å². The van der Waals surface area contributed by atoms with E-state index in [0.29, 0.717) is 36.8 Å². The van der Waals surface area contributed by atoms with Crippen LogP contribution >= 0.6 is 0 Å². The number of rotatable bonds is 11. The fourth-order valence-electron chi connectivity index (χ4n) is 5.24. The van der Waals surface area contributed by atoms with E-state index in [-0.39, 0.29) is 35.3 Å². The first-order valence-electron chi connectivity index (χ1n) is 13.9. The summed E-state index contributed by atoms with van der Waals surface area (Å²) in [5.74, 6) is -0.0967. The van der Waals surface area contributed by atoms with E-state index >= 15 is 0 Å². The highest BCUT2D eigenvalue weighted by Crippen LogP contribution is 2.43. The third-order valence-electron chi connectivity index (χ3n) is 7.20. The van der Waals surface area contributed by atoms with Crippen LogP contribution in [0.1, 0.15) is 68.4 Å². The molecular weight excluding hydrogens is 542 g/mol. The number of hydrogen-bond donors (Lipinski definition) is 4. The fraction of sp³-hybridized carbons (Fsp3) is 0.500. The molecule has 11 heteroatoms. The molecule has 0 aliphatic carbocycles. The van der Waals surface area contributed by atoms with Gasteiger partial charge in [-0.2, -0.15) is 0 Å². The quantitative estimate of drug-likeness (QED) is 0.181. The van der Waals surface area contributed by atoms with Crippen LogP contribution in [0, 0.1) is 20.8 Å². The van der Waals surface area contributed by atoms with Gasteiger partial charge in [-0.1, -0.05) is 30.3 Å². The molecule has 1 unspecified atom stereocenters. The van der Waals surface area contributed by atoms with Crippen LogP contribution in [-0.2, 0) is 32.5 Å². The first-order chi connectivity index (χ1) is 19.1. The molecule has 10 nitrogen and oxygen atoms in total. The van der Waals surface area contributed by atoms with E-state index in [0.717, 1.165) is 22.4 Å². The lowest BCUT2D eigenvalue weighted by atomic mass is 9.94. The third kappa shape index (κ3) is 8.22. The molecule has 41 heavy (non-hydrogen) atoms. The Morgan fingerprint density at radius 2 is 1.73 bits per heavy atom. The van der Waals surface area contributed by atoms with Crippen LogP contribution in [0.4, 0.5) is 0 Å². The maximum Gasteiger partial charge on any atom is 0.264 e. The number of carbonyl (C=O) groups excluding carboxylic acids is 2. The molecule has 2 aromatic carbocycles. The molecule has 0 aromatic heterocycles. The van der Waals surface area contributed by atoms with Gasteiger partial charge in [0.25, 0.3) is 10.0 Å². The lowest BCUT2D eigenvalue weighted by molar-refractivity contribution is -0.128. The van der Waals surface area contributed by atoms with Crippen molar-refractivity contribution in [1.29, 1.82) is 0 Å². The number of nitrogens with one attached hydrogen (secondary N) is 3. The fourth-order valence-corrected chi connectivity index (χ4v) is 6.76. The number of ether oxygens (including phenoxy) is 1. The molecule has 1 heterocycles. The van der Waals surface area contributed by atoms with Crippen LogP contribution in [0.2, 0.25) is 0 Å². The van der Waals surface area contributed by atoms with Crippen LogP contribution < -0.4 is 25.8 Å². The summed E-state index contributed by atoms with van der Waals surface area (Å²) in [7, 11) is -4.01. The molecule has 0 radical (unpaired) electrons. The zero-order chi connectivity index (χ0) is 30.5. The Hall–Kier alpha value is -3.60. The van der Waals surface area contributed by atoms with Gasteiger partial charge in [-0.25, -0.2) is 13.1 Å². The lowest BCUT2D eigenvalue weighted by Gasteiger charge is -2.21. The number of nitrogens with two attached hydrogens (primary N) is 1. The van der Waals surface area contributed by atoms with E-state index in [4.69, 9.17) is 10.5 Å². The minimum atomic E-state index is -4.01. The van der Waals surface area contributed by atoms with Crippen LogP contribution in [-0.4, -0.2) is 50.4 Å². The summed E-state index contributed by atoms with van der Waals surface area (Å²) < 4.78 is 35.2. The minimum Gasteiger partial charge on any atom is -0.487 e. The van der Waals surface area contributed by atoms with Gasteiger partial charge in [-0.3, -0.25) is 14.6 Å². The monoisotopic (exact) mass is 585 g/mol. The van der Waals surface area contributed by atoms with Crippen molar-refractivity contribution in [2.45, 2.75) is 96.7 Å². The number of fused-ring (bicyclic) bond motifs is 1. The normalized spacial score (nSPS) is 15.8. The molecule has 0 spiro atoms. The second kappa shape index (κ2) is 12.9. The van der Waals surface area contributed by atoms with Gasteiger partial charge < -0.3 is 21.1 Å². The predicted molar refractivity (Wildman–Crippen MR) is 160 cm³/mol. The molecule has 0 fully saturated rings. The smallest absolute Gasteiger partial charge is 0.264 e. The maximum absolute atomic E-state index is 13.4. The average Bonchev–Trinajstić information content (AvgIpc) is 3.20. The number of aliphatic imine (C=N–C) groups is 1. The summed E-state index contributed by atoms with van der Waals surface area (Å²) in [6, 6.07) is 8.94. The minimum absolute atomic E-state index is 0.128. The molecule has 0 saturated carbocycles.